The Hall–Kier alpha value is -3.35. The van der Waals surface area contributed by atoms with Gasteiger partial charge >= 0.3 is 0 Å². The Kier molecular flexibility index (Phi) is 3.16. The molecule has 0 radical (unpaired) electrons. The van der Waals surface area contributed by atoms with Gasteiger partial charge in [0.15, 0.2) is 0 Å². The maximum absolute atomic E-state index is 12.9. The first-order chi connectivity index (χ1) is 11.3. The van der Waals surface area contributed by atoms with Crippen LogP contribution >= 0.6 is 0 Å². The predicted molar refractivity (Wildman–Crippen MR) is 83.7 cm³/mol. The Bertz CT molecular complexity index is 964. The van der Waals surface area contributed by atoms with Gasteiger partial charge in [0.25, 0.3) is 0 Å². The van der Waals surface area contributed by atoms with E-state index in [1.54, 1.807) is 36.8 Å². The van der Waals surface area contributed by atoms with Gasteiger partial charge in [0.2, 0.25) is 11.7 Å². The van der Waals surface area contributed by atoms with Gasteiger partial charge in [0, 0.05) is 24.3 Å². The average Bonchev–Trinajstić information content (AvgIpc) is 3.01. The van der Waals surface area contributed by atoms with E-state index in [-0.39, 0.29) is 5.82 Å². The van der Waals surface area contributed by atoms with Gasteiger partial charge < -0.3 is 5.32 Å². The van der Waals surface area contributed by atoms with E-state index in [4.69, 9.17) is 0 Å². The van der Waals surface area contributed by atoms with Crippen molar-refractivity contribution in [2.45, 2.75) is 0 Å². The molecule has 112 valence electrons. The molecular weight excluding hydrogens is 295 g/mol. The molecule has 0 spiro atoms. The molecule has 0 atom stereocenters. The molecule has 0 unspecified atom stereocenters. The summed E-state index contributed by atoms with van der Waals surface area (Å²) in [7, 11) is 0. The van der Waals surface area contributed by atoms with E-state index < -0.39 is 0 Å². The predicted octanol–water partition coefficient (Wildman–Crippen LogP) is 3.07. The first-order valence-electron chi connectivity index (χ1n) is 6.94. The molecule has 0 fully saturated rings. The van der Waals surface area contributed by atoms with Gasteiger partial charge in [0.1, 0.15) is 5.82 Å². The van der Waals surface area contributed by atoms with Crippen LogP contribution in [0, 0.1) is 5.82 Å². The van der Waals surface area contributed by atoms with E-state index in [0.29, 0.717) is 23.1 Å². The van der Waals surface area contributed by atoms with Crippen molar-refractivity contribution in [2.24, 2.45) is 0 Å². The molecule has 0 amide bonds. The highest BCUT2D eigenvalue weighted by Crippen LogP contribution is 2.20. The molecule has 3 aromatic heterocycles. The standard InChI is InChI=1S/C16H11FN6/c17-11-2-4-12(5-3-11)21-15-18-8-6-13(22-15)14-10-20-16-19-7-1-9-23(14)16/h1-10H,(H,18,21,22). The van der Waals surface area contributed by atoms with Gasteiger partial charge in [-0.3, -0.25) is 4.40 Å². The molecule has 23 heavy (non-hydrogen) atoms. The zero-order chi connectivity index (χ0) is 15.6. The quantitative estimate of drug-likeness (QED) is 0.630. The Labute approximate surface area is 130 Å². The van der Waals surface area contributed by atoms with Crippen molar-refractivity contribution in [3.63, 3.8) is 0 Å². The molecule has 0 aliphatic heterocycles. The molecule has 0 bridgehead atoms. The van der Waals surface area contributed by atoms with Crippen molar-refractivity contribution in [3.05, 3.63) is 67.0 Å². The van der Waals surface area contributed by atoms with Crippen molar-refractivity contribution in [1.29, 1.82) is 0 Å². The van der Waals surface area contributed by atoms with E-state index in [1.165, 1.54) is 12.1 Å². The fourth-order valence-electron chi connectivity index (χ4n) is 2.24. The number of hydrogen-bond acceptors (Lipinski definition) is 5. The van der Waals surface area contributed by atoms with Crippen LogP contribution in [0.5, 0.6) is 0 Å². The Balaban J connectivity index is 1.70. The van der Waals surface area contributed by atoms with Crippen LogP contribution in [-0.4, -0.2) is 24.3 Å². The molecule has 0 saturated carbocycles. The number of nitrogens with one attached hydrogen (secondary N) is 1. The number of aromatic nitrogens is 5. The summed E-state index contributed by atoms with van der Waals surface area (Å²) < 4.78 is 14.8. The molecule has 1 aromatic carbocycles. The third kappa shape index (κ3) is 2.59. The number of fused-ring (bicyclic) bond motifs is 1. The molecule has 7 heteroatoms. The summed E-state index contributed by atoms with van der Waals surface area (Å²) in [6.45, 7) is 0. The number of benzene rings is 1. The summed E-state index contributed by atoms with van der Waals surface area (Å²) in [5, 5.41) is 3.05. The van der Waals surface area contributed by atoms with E-state index in [2.05, 4.69) is 25.3 Å². The number of imidazole rings is 1. The lowest BCUT2D eigenvalue weighted by atomic mass is 10.3. The van der Waals surface area contributed by atoms with Crippen LogP contribution in [-0.2, 0) is 0 Å². The van der Waals surface area contributed by atoms with Gasteiger partial charge in [-0.05, 0) is 36.4 Å². The van der Waals surface area contributed by atoms with Crippen molar-refractivity contribution in [1.82, 2.24) is 24.3 Å². The van der Waals surface area contributed by atoms with Crippen LogP contribution < -0.4 is 5.32 Å². The molecule has 0 aliphatic rings. The van der Waals surface area contributed by atoms with Crippen LogP contribution in [0.25, 0.3) is 17.2 Å². The summed E-state index contributed by atoms with van der Waals surface area (Å²) in [5.74, 6) is 0.741. The highest BCUT2D eigenvalue weighted by atomic mass is 19.1. The number of nitrogens with zero attached hydrogens (tertiary/aromatic N) is 5. The maximum Gasteiger partial charge on any atom is 0.234 e. The second-order valence-electron chi connectivity index (χ2n) is 4.83. The summed E-state index contributed by atoms with van der Waals surface area (Å²) in [6.07, 6.45) is 6.93. The minimum Gasteiger partial charge on any atom is -0.324 e. The van der Waals surface area contributed by atoms with Crippen molar-refractivity contribution >= 4 is 17.4 Å². The third-order valence-corrected chi connectivity index (χ3v) is 3.31. The van der Waals surface area contributed by atoms with Gasteiger partial charge in [-0.15, -0.1) is 0 Å². The number of anilines is 2. The van der Waals surface area contributed by atoms with Crippen molar-refractivity contribution in [2.75, 3.05) is 5.32 Å². The monoisotopic (exact) mass is 306 g/mol. The van der Waals surface area contributed by atoms with Gasteiger partial charge in [-0.2, -0.15) is 0 Å². The topological polar surface area (TPSA) is 68.0 Å². The zero-order valence-electron chi connectivity index (χ0n) is 11.9. The number of rotatable bonds is 3. The minimum absolute atomic E-state index is 0.288. The van der Waals surface area contributed by atoms with Crippen molar-refractivity contribution < 1.29 is 4.39 Å². The van der Waals surface area contributed by atoms with Crippen LogP contribution in [0.15, 0.2) is 61.2 Å². The summed E-state index contributed by atoms with van der Waals surface area (Å²) in [5.41, 5.74) is 2.24. The fraction of sp³-hybridized carbons (Fsp3) is 0. The van der Waals surface area contributed by atoms with E-state index >= 15 is 0 Å². The first kappa shape index (κ1) is 13.3. The lowest BCUT2D eigenvalue weighted by Crippen LogP contribution is -1.99. The Morgan fingerprint density at radius 1 is 0.957 bits per heavy atom. The lowest BCUT2D eigenvalue weighted by molar-refractivity contribution is 0.628. The molecule has 0 aliphatic carbocycles. The normalized spacial score (nSPS) is 10.8. The first-order valence-corrected chi connectivity index (χ1v) is 6.94. The lowest BCUT2D eigenvalue weighted by Gasteiger charge is -2.06. The molecular formula is C16H11FN6. The highest BCUT2D eigenvalue weighted by molar-refractivity contribution is 5.61. The highest BCUT2D eigenvalue weighted by Gasteiger charge is 2.09. The molecule has 1 N–H and O–H groups in total. The SMILES string of the molecule is Fc1ccc(Nc2nccc(-c3cnc4ncccn34)n2)cc1. The van der Waals surface area contributed by atoms with E-state index in [9.17, 15) is 4.39 Å². The number of halogens is 1. The van der Waals surface area contributed by atoms with Gasteiger partial charge in [-0.1, -0.05) is 0 Å². The Morgan fingerprint density at radius 3 is 2.70 bits per heavy atom. The number of hydrogen-bond donors (Lipinski definition) is 1. The third-order valence-electron chi connectivity index (χ3n) is 3.31. The molecule has 0 saturated heterocycles. The van der Waals surface area contributed by atoms with E-state index in [1.807, 2.05) is 16.7 Å². The second-order valence-corrected chi connectivity index (χ2v) is 4.83. The molecule has 4 rings (SSSR count). The van der Waals surface area contributed by atoms with Crippen molar-refractivity contribution in [3.8, 4) is 11.4 Å². The largest absolute Gasteiger partial charge is 0.324 e. The summed E-state index contributed by atoms with van der Waals surface area (Å²) in [6, 6.07) is 9.64. The van der Waals surface area contributed by atoms with E-state index in [0.717, 1.165) is 5.69 Å². The maximum atomic E-state index is 12.9. The second kappa shape index (κ2) is 5.45. The van der Waals surface area contributed by atoms with Gasteiger partial charge in [0.05, 0.1) is 17.6 Å². The molecule has 4 aromatic rings. The zero-order valence-corrected chi connectivity index (χ0v) is 11.9. The van der Waals surface area contributed by atoms with Crippen LogP contribution in [0.1, 0.15) is 0 Å². The summed E-state index contributed by atoms with van der Waals surface area (Å²) >= 11 is 0. The summed E-state index contributed by atoms with van der Waals surface area (Å²) in [4.78, 5) is 17.1. The molecule has 6 nitrogen and oxygen atoms in total. The van der Waals surface area contributed by atoms with Crippen LogP contribution in [0.3, 0.4) is 0 Å². The van der Waals surface area contributed by atoms with Gasteiger partial charge in [-0.25, -0.2) is 24.3 Å². The Morgan fingerprint density at radius 2 is 1.83 bits per heavy atom. The molecule has 3 heterocycles. The average molecular weight is 306 g/mol. The minimum atomic E-state index is -0.288. The van der Waals surface area contributed by atoms with Crippen LogP contribution in [0.2, 0.25) is 0 Å². The van der Waals surface area contributed by atoms with Crippen LogP contribution in [0.4, 0.5) is 16.0 Å². The fourth-order valence-corrected chi connectivity index (χ4v) is 2.24. The smallest absolute Gasteiger partial charge is 0.234 e.